The van der Waals surface area contributed by atoms with Crippen LogP contribution < -0.4 is 10.6 Å². The molecule has 0 unspecified atom stereocenters. The molecule has 1 fully saturated rings. The van der Waals surface area contributed by atoms with Gasteiger partial charge in [0.25, 0.3) is 0 Å². The molecule has 0 aliphatic carbocycles. The van der Waals surface area contributed by atoms with Gasteiger partial charge < -0.3 is 15.7 Å². The van der Waals surface area contributed by atoms with Gasteiger partial charge in [-0.2, -0.15) is 0 Å². The summed E-state index contributed by atoms with van der Waals surface area (Å²) in [6, 6.07) is 7.12. The zero-order valence-electron chi connectivity index (χ0n) is 10.7. The second-order valence-corrected chi connectivity index (χ2v) is 5.23. The number of nitrogens with one attached hydrogen (secondary N) is 2. The lowest BCUT2D eigenvalue weighted by molar-refractivity contribution is -0.125. The Morgan fingerprint density at radius 2 is 2.32 bits per heavy atom. The molecule has 0 spiro atoms. The summed E-state index contributed by atoms with van der Waals surface area (Å²) in [5, 5.41) is 16.5. The van der Waals surface area contributed by atoms with Crippen molar-refractivity contribution in [3.05, 3.63) is 34.9 Å². The van der Waals surface area contributed by atoms with E-state index in [0.717, 1.165) is 19.4 Å². The van der Waals surface area contributed by atoms with E-state index < -0.39 is 6.10 Å². The van der Waals surface area contributed by atoms with E-state index >= 15 is 0 Å². The van der Waals surface area contributed by atoms with Crippen molar-refractivity contribution in [3.63, 3.8) is 0 Å². The Morgan fingerprint density at radius 1 is 1.53 bits per heavy atom. The van der Waals surface area contributed by atoms with Crippen molar-refractivity contribution in [3.8, 4) is 0 Å². The number of piperidine rings is 1. The highest BCUT2D eigenvalue weighted by Crippen LogP contribution is 2.22. The van der Waals surface area contributed by atoms with Crippen LogP contribution in [0.3, 0.4) is 0 Å². The molecule has 5 heteroatoms. The lowest BCUT2D eigenvalue weighted by atomic mass is 9.98. The molecule has 1 saturated heterocycles. The largest absolute Gasteiger partial charge is 0.387 e. The first-order valence-corrected chi connectivity index (χ1v) is 6.97. The van der Waals surface area contributed by atoms with Crippen LogP contribution in [0.2, 0.25) is 5.02 Å². The number of carbonyl (C=O) groups is 1. The summed E-state index contributed by atoms with van der Waals surface area (Å²) in [5.41, 5.74) is 0.645. The third-order valence-corrected chi connectivity index (χ3v) is 3.75. The van der Waals surface area contributed by atoms with Crippen molar-refractivity contribution in [2.24, 2.45) is 5.92 Å². The summed E-state index contributed by atoms with van der Waals surface area (Å²) in [5.74, 6) is 0.00509. The lowest BCUT2D eigenvalue weighted by Gasteiger charge is -2.22. The van der Waals surface area contributed by atoms with Gasteiger partial charge in [0.15, 0.2) is 0 Å². The summed E-state index contributed by atoms with van der Waals surface area (Å²) in [6.07, 6.45) is 1.15. The fraction of sp³-hybridized carbons (Fsp3) is 0.500. The van der Waals surface area contributed by atoms with Crippen LogP contribution in [-0.4, -0.2) is 30.6 Å². The lowest BCUT2D eigenvalue weighted by Crippen LogP contribution is -2.41. The number of hydrogen-bond donors (Lipinski definition) is 3. The van der Waals surface area contributed by atoms with E-state index in [9.17, 15) is 9.90 Å². The average molecular weight is 283 g/mol. The average Bonchev–Trinajstić information content (AvgIpc) is 2.46. The van der Waals surface area contributed by atoms with Crippen molar-refractivity contribution < 1.29 is 9.90 Å². The third-order valence-electron chi connectivity index (χ3n) is 3.40. The summed E-state index contributed by atoms with van der Waals surface area (Å²) in [7, 11) is 0. The molecule has 1 amide bonds. The van der Waals surface area contributed by atoms with Crippen LogP contribution in [-0.2, 0) is 4.79 Å². The first kappa shape index (κ1) is 14.3. The number of aliphatic hydroxyl groups excluding tert-OH is 1. The van der Waals surface area contributed by atoms with Gasteiger partial charge in [-0.05, 0) is 25.5 Å². The fourth-order valence-corrected chi connectivity index (χ4v) is 2.53. The predicted octanol–water partition coefficient (Wildman–Crippen LogP) is 1.49. The van der Waals surface area contributed by atoms with Crippen LogP contribution in [0.4, 0.5) is 0 Å². The first-order chi connectivity index (χ1) is 9.18. The Labute approximate surface area is 118 Å². The topological polar surface area (TPSA) is 61.4 Å². The van der Waals surface area contributed by atoms with Crippen LogP contribution >= 0.6 is 11.6 Å². The molecule has 2 rings (SSSR count). The van der Waals surface area contributed by atoms with E-state index in [1.165, 1.54) is 0 Å². The van der Waals surface area contributed by atoms with E-state index in [1.54, 1.807) is 12.1 Å². The molecule has 19 heavy (non-hydrogen) atoms. The third kappa shape index (κ3) is 3.93. The molecule has 1 aromatic rings. The summed E-state index contributed by atoms with van der Waals surface area (Å²) in [6.45, 7) is 1.89. The van der Waals surface area contributed by atoms with Gasteiger partial charge in [-0.1, -0.05) is 29.8 Å². The van der Waals surface area contributed by atoms with E-state index in [-0.39, 0.29) is 18.4 Å². The number of aliphatic hydroxyl groups is 1. The molecule has 1 aliphatic rings. The Bertz CT molecular complexity index is 433. The summed E-state index contributed by atoms with van der Waals surface area (Å²) >= 11 is 6.00. The molecule has 4 nitrogen and oxygen atoms in total. The van der Waals surface area contributed by atoms with Crippen molar-refractivity contribution in [1.29, 1.82) is 0 Å². The zero-order valence-corrected chi connectivity index (χ0v) is 11.5. The van der Waals surface area contributed by atoms with Gasteiger partial charge in [0.1, 0.15) is 0 Å². The first-order valence-electron chi connectivity index (χ1n) is 6.59. The van der Waals surface area contributed by atoms with Crippen LogP contribution in [0.5, 0.6) is 0 Å². The molecule has 1 aromatic carbocycles. The van der Waals surface area contributed by atoms with Gasteiger partial charge >= 0.3 is 0 Å². The maximum absolute atomic E-state index is 11.9. The van der Waals surface area contributed by atoms with Crippen LogP contribution in [0.1, 0.15) is 24.5 Å². The molecule has 2 atom stereocenters. The second-order valence-electron chi connectivity index (χ2n) is 4.83. The number of rotatable bonds is 4. The van der Waals surface area contributed by atoms with E-state index in [2.05, 4.69) is 10.6 Å². The van der Waals surface area contributed by atoms with Gasteiger partial charge in [0.05, 0.1) is 12.0 Å². The van der Waals surface area contributed by atoms with E-state index in [1.807, 2.05) is 12.1 Å². The molecule has 0 bridgehead atoms. The van der Waals surface area contributed by atoms with Crippen LogP contribution in [0, 0.1) is 5.92 Å². The Kier molecular flexibility index (Phi) is 5.19. The highest BCUT2D eigenvalue weighted by molar-refractivity contribution is 6.31. The molecular formula is C14H19ClN2O2. The maximum Gasteiger partial charge on any atom is 0.224 e. The number of carbonyl (C=O) groups excluding carboxylic acids is 1. The summed E-state index contributed by atoms with van der Waals surface area (Å²) in [4.78, 5) is 11.9. The zero-order chi connectivity index (χ0) is 13.7. The molecular weight excluding hydrogens is 264 g/mol. The SMILES string of the molecule is O=C(NC[C@H](O)c1ccccc1Cl)[C@H]1CCCNC1. The van der Waals surface area contributed by atoms with Gasteiger partial charge in [-0.15, -0.1) is 0 Å². The monoisotopic (exact) mass is 282 g/mol. The standard InChI is InChI=1S/C14H19ClN2O2/c15-12-6-2-1-5-11(12)13(18)9-17-14(19)10-4-3-7-16-8-10/h1-2,5-6,10,13,16,18H,3-4,7-9H2,(H,17,19)/t10-,13-/m0/s1. The quantitative estimate of drug-likeness (QED) is 0.784. The molecule has 0 aromatic heterocycles. The molecule has 1 aliphatic heterocycles. The second kappa shape index (κ2) is 6.89. The van der Waals surface area contributed by atoms with Crippen molar-refractivity contribution >= 4 is 17.5 Å². The van der Waals surface area contributed by atoms with Crippen LogP contribution in [0.15, 0.2) is 24.3 Å². The Morgan fingerprint density at radius 3 is 3.00 bits per heavy atom. The summed E-state index contributed by atoms with van der Waals surface area (Å²) < 4.78 is 0. The number of benzene rings is 1. The number of amides is 1. The van der Waals surface area contributed by atoms with Gasteiger partial charge in [0.2, 0.25) is 5.91 Å². The minimum absolute atomic E-state index is 0.00157. The highest BCUT2D eigenvalue weighted by Gasteiger charge is 2.21. The molecule has 1 heterocycles. The van der Waals surface area contributed by atoms with Gasteiger partial charge in [-0.25, -0.2) is 0 Å². The number of hydrogen-bond acceptors (Lipinski definition) is 3. The van der Waals surface area contributed by atoms with Crippen molar-refractivity contribution in [2.75, 3.05) is 19.6 Å². The van der Waals surface area contributed by atoms with Gasteiger partial charge in [-0.3, -0.25) is 4.79 Å². The predicted molar refractivity (Wildman–Crippen MR) is 75.0 cm³/mol. The van der Waals surface area contributed by atoms with Crippen LogP contribution in [0.25, 0.3) is 0 Å². The van der Waals surface area contributed by atoms with Gasteiger partial charge in [0, 0.05) is 23.7 Å². The fourth-order valence-electron chi connectivity index (χ4n) is 2.27. The van der Waals surface area contributed by atoms with Crippen molar-refractivity contribution in [2.45, 2.75) is 18.9 Å². The Balaban J connectivity index is 1.84. The highest BCUT2D eigenvalue weighted by atomic mass is 35.5. The molecule has 104 valence electrons. The molecule has 3 N–H and O–H groups in total. The molecule has 0 saturated carbocycles. The normalized spacial score (nSPS) is 20.8. The minimum atomic E-state index is -0.769. The van der Waals surface area contributed by atoms with Crippen molar-refractivity contribution in [1.82, 2.24) is 10.6 Å². The van der Waals surface area contributed by atoms with E-state index in [0.29, 0.717) is 17.1 Å². The molecule has 0 radical (unpaired) electrons. The minimum Gasteiger partial charge on any atom is -0.387 e. The van der Waals surface area contributed by atoms with E-state index in [4.69, 9.17) is 11.6 Å². The Hall–Kier alpha value is -1.10. The number of halogens is 1. The smallest absolute Gasteiger partial charge is 0.224 e. The maximum atomic E-state index is 11.9.